The molecule has 1 aromatic rings. The molecule has 2 N–H and O–H groups in total. The summed E-state index contributed by atoms with van der Waals surface area (Å²) in [6.07, 6.45) is 3.50. The number of unbranched alkanes of at least 4 members (excludes halogenated alkanes) is 1. The summed E-state index contributed by atoms with van der Waals surface area (Å²) in [4.78, 5) is 0. The molecule has 0 spiro atoms. The Morgan fingerprint density at radius 2 is 2.00 bits per heavy atom. The fourth-order valence-corrected chi connectivity index (χ4v) is 1.73. The second-order valence-electron chi connectivity index (χ2n) is 4.52. The maximum absolute atomic E-state index is 5.80. The monoisotopic (exact) mass is 221 g/mol. The largest absolute Gasteiger partial charge is 0.491 e. The zero-order chi connectivity index (χ0) is 12.0. The van der Waals surface area contributed by atoms with Gasteiger partial charge in [-0.25, -0.2) is 0 Å². The van der Waals surface area contributed by atoms with Crippen molar-refractivity contribution in [2.24, 2.45) is 5.73 Å². The van der Waals surface area contributed by atoms with Crippen LogP contribution in [0, 0.1) is 6.92 Å². The summed E-state index contributed by atoms with van der Waals surface area (Å²) in [6.45, 7) is 7.00. The van der Waals surface area contributed by atoms with Gasteiger partial charge < -0.3 is 10.5 Å². The van der Waals surface area contributed by atoms with E-state index < -0.39 is 0 Å². The highest BCUT2D eigenvalue weighted by Crippen LogP contribution is 2.23. The van der Waals surface area contributed by atoms with Crippen molar-refractivity contribution in [1.29, 1.82) is 0 Å². The Balaban J connectivity index is 2.73. The Morgan fingerprint density at radius 1 is 1.25 bits per heavy atom. The summed E-state index contributed by atoms with van der Waals surface area (Å²) in [5.41, 5.74) is 8.11. The first-order chi connectivity index (χ1) is 7.63. The molecular formula is C14H23NO. The Hall–Kier alpha value is -1.02. The van der Waals surface area contributed by atoms with Crippen LogP contribution in [0.3, 0.4) is 0 Å². The predicted molar refractivity (Wildman–Crippen MR) is 68.9 cm³/mol. The molecule has 0 atom stereocenters. The van der Waals surface area contributed by atoms with Gasteiger partial charge in [-0.05, 0) is 58.2 Å². The molecule has 90 valence electrons. The summed E-state index contributed by atoms with van der Waals surface area (Å²) >= 11 is 0. The number of benzene rings is 1. The van der Waals surface area contributed by atoms with Crippen LogP contribution in [0.2, 0.25) is 0 Å². The summed E-state index contributed by atoms with van der Waals surface area (Å²) in [5.74, 6) is 1.03. The number of hydrogen-bond donors (Lipinski definition) is 1. The van der Waals surface area contributed by atoms with E-state index >= 15 is 0 Å². The van der Waals surface area contributed by atoms with Crippen LogP contribution in [0.5, 0.6) is 5.75 Å². The highest BCUT2D eigenvalue weighted by Gasteiger charge is 2.05. The molecule has 0 aliphatic heterocycles. The van der Waals surface area contributed by atoms with E-state index in [-0.39, 0.29) is 6.10 Å². The van der Waals surface area contributed by atoms with E-state index in [1.807, 2.05) is 0 Å². The molecule has 0 aromatic heterocycles. The van der Waals surface area contributed by atoms with Crippen molar-refractivity contribution in [3.05, 3.63) is 29.3 Å². The minimum Gasteiger partial charge on any atom is -0.491 e. The van der Waals surface area contributed by atoms with E-state index in [0.717, 1.165) is 31.6 Å². The van der Waals surface area contributed by atoms with Crippen molar-refractivity contribution in [2.75, 3.05) is 6.54 Å². The quantitative estimate of drug-likeness (QED) is 0.749. The fourth-order valence-electron chi connectivity index (χ4n) is 1.73. The maximum Gasteiger partial charge on any atom is 0.122 e. The third kappa shape index (κ3) is 4.23. The minimum atomic E-state index is 0.232. The van der Waals surface area contributed by atoms with Crippen LogP contribution < -0.4 is 10.5 Å². The number of aryl methyl sites for hydroxylation is 2. The third-order valence-corrected chi connectivity index (χ3v) is 2.48. The van der Waals surface area contributed by atoms with E-state index in [9.17, 15) is 0 Å². The average molecular weight is 221 g/mol. The molecule has 0 amide bonds. The summed E-state index contributed by atoms with van der Waals surface area (Å²) in [7, 11) is 0. The van der Waals surface area contributed by atoms with Gasteiger partial charge in [0.1, 0.15) is 5.75 Å². The summed E-state index contributed by atoms with van der Waals surface area (Å²) in [5, 5.41) is 0. The second-order valence-corrected chi connectivity index (χ2v) is 4.52. The molecule has 0 radical (unpaired) electrons. The zero-order valence-electron chi connectivity index (χ0n) is 10.6. The van der Waals surface area contributed by atoms with Crippen LogP contribution in [0.15, 0.2) is 18.2 Å². The number of nitrogens with two attached hydrogens (primary N) is 1. The highest BCUT2D eigenvalue weighted by atomic mass is 16.5. The Labute approximate surface area is 98.8 Å². The van der Waals surface area contributed by atoms with Crippen LogP contribution in [-0.2, 0) is 6.42 Å². The van der Waals surface area contributed by atoms with Gasteiger partial charge in [-0.3, -0.25) is 0 Å². The molecule has 0 fully saturated rings. The van der Waals surface area contributed by atoms with Crippen LogP contribution in [0.1, 0.15) is 37.8 Å². The lowest BCUT2D eigenvalue weighted by molar-refractivity contribution is 0.239. The van der Waals surface area contributed by atoms with E-state index in [1.165, 1.54) is 11.1 Å². The first-order valence-electron chi connectivity index (χ1n) is 6.09. The molecule has 2 nitrogen and oxygen atoms in total. The second kappa shape index (κ2) is 6.54. The van der Waals surface area contributed by atoms with Crippen molar-refractivity contribution in [1.82, 2.24) is 0 Å². The molecule has 16 heavy (non-hydrogen) atoms. The van der Waals surface area contributed by atoms with Crippen molar-refractivity contribution in [3.8, 4) is 5.75 Å². The van der Waals surface area contributed by atoms with Crippen molar-refractivity contribution in [2.45, 2.75) is 46.1 Å². The molecule has 0 heterocycles. The molecular weight excluding hydrogens is 198 g/mol. The Bertz CT molecular complexity index is 321. The van der Waals surface area contributed by atoms with Crippen molar-refractivity contribution < 1.29 is 4.74 Å². The molecule has 1 rings (SSSR count). The van der Waals surface area contributed by atoms with Gasteiger partial charge in [0.15, 0.2) is 0 Å². The first kappa shape index (κ1) is 13.0. The van der Waals surface area contributed by atoms with Gasteiger partial charge in [0.05, 0.1) is 6.10 Å². The Kier molecular flexibility index (Phi) is 5.33. The summed E-state index contributed by atoms with van der Waals surface area (Å²) < 4.78 is 5.80. The van der Waals surface area contributed by atoms with Gasteiger partial charge >= 0.3 is 0 Å². The van der Waals surface area contributed by atoms with Crippen molar-refractivity contribution >= 4 is 0 Å². The van der Waals surface area contributed by atoms with Gasteiger partial charge in [-0.15, -0.1) is 0 Å². The van der Waals surface area contributed by atoms with E-state index in [4.69, 9.17) is 10.5 Å². The standard InChI is InChI=1S/C14H23NO/c1-11(2)16-14-8-7-12(3)10-13(14)6-4-5-9-15/h7-8,10-11H,4-6,9,15H2,1-3H3. The van der Waals surface area contributed by atoms with Gasteiger partial charge in [0.2, 0.25) is 0 Å². The molecule has 1 aromatic carbocycles. The zero-order valence-corrected chi connectivity index (χ0v) is 10.6. The normalized spacial score (nSPS) is 10.8. The van der Waals surface area contributed by atoms with Gasteiger partial charge in [0, 0.05) is 0 Å². The fraction of sp³-hybridized carbons (Fsp3) is 0.571. The molecule has 0 aliphatic rings. The van der Waals surface area contributed by atoms with E-state index in [0.29, 0.717) is 0 Å². The maximum atomic E-state index is 5.80. The van der Waals surface area contributed by atoms with Crippen molar-refractivity contribution in [3.63, 3.8) is 0 Å². The first-order valence-corrected chi connectivity index (χ1v) is 6.09. The number of ether oxygens (including phenoxy) is 1. The molecule has 0 bridgehead atoms. The highest BCUT2D eigenvalue weighted by molar-refractivity contribution is 5.37. The van der Waals surface area contributed by atoms with Gasteiger partial charge in [0.25, 0.3) is 0 Å². The smallest absolute Gasteiger partial charge is 0.122 e. The summed E-state index contributed by atoms with van der Waals surface area (Å²) in [6, 6.07) is 6.39. The molecule has 0 aliphatic carbocycles. The average Bonchev–Trinajstić information content (AvgIpc) is 2.22. The minimum absolute atomic E-state index is 0.232. The third-order valence-electron chi connectivity index (χ3n) is 2.48. The lowest BCUT2D eigenvalue weighted by Gasteiger charge is -2.14. The predicted octanol–water partition coefficient (Wildman–Crippen LogP) is 3.06. The molecule has 0 unspecified atom stereocenters. The van der Waals surface area contributed by atoms with E-state index in [1.54, 1.807) is 0 Å². The topological polar surface area (TPSA) is 35.2 Å². The number of rotatable bonds is 6. The number of hydrogen-bond acceptors (Lipinski definition) is 2. The SMILES string of the molecule is Cc1ccc(OC(C)C)c(CCCCN)c1. The van der Waals surface area contributed by atoms with Crippen LogP contribution >= 0.6 is 0 Å². The lowest BCUT2D eigenvalue weighted by atomic mass is 10.0. The molecule has 0 saturated heterocycles. The molecule has 2 heteroatoms. The van der Waals surface area contributed by atoms with Gasteiger partial charge in [-0.1, -0.05) is 17.7 Å². The Morgan fingerprint density at radius 3 is 2.62 bits per heavy atom. The molecule has 0 saturated carbocycles. The van der Waals surface area contributed by atoms with Crippen LogP contribution in [0.25, 0.3) is 0 Å². The lowest BCUT2D eigenvalue weighted by Crippen LogP contribution is -2.08. The van der Waals surface area contributed by atoms with Crippen LogP contribution in [0.4, 0.5) is 0 Å². The van der Waals surface area contributed by atoms with Crippen LogP contribution in [-0.4, -0.2) is 12.6 Å². The van der Waals surface area contributed by atoms with Gasteiger partial charge in [-0.2, -0.15) is 0 Å². The van der Waals surface area contributed by atoms with E-state index in [2.05, 4.69) is 39.0 Å².